The largest absolute Gasteiger partial charge is 0.394 e. The molecule has 0 radical (unpaired) electrons. The molecule has 11 heteroatoms. The second-order valence-electron chi connectivity index (χ2n) is 7.39. The summed E-state index contributed by atoms with van der Waals surface area (Å²) >= 11 is 5.83. The lowest BCUT2D eigenvalue weighted by molar-refractivity contribution is -0.0884. The molecule has 1 aliphatic rings. The van der Waals surface area contributed by atoms with Crippen molar-refractivity contribution in [2.24, 2.45) is 0 Å². The van der Waals surface area contributed by atoms with Crippen LogP contribution in [0.3, 0.4) is 0 Å². The van der Waals surface area contributed by atoms with Crippen molar-refractivity contribution in [1.29, 1.82) is 0 Å². The Hall–Kier alpha value is -2.24. The SMILES string of the molecule is O=C(Nc1ccc(Cl)cc1)N[C@@H]1CC[C@@H](CCNS(=O)(=O)c2ccccc2F)O[C@@H]1CO. The minimum Gasteiger partial charge on any atom is -0.394 e. The van der Waals surface area contributed by atoms with Crippen LogP contribution in [0.4, 0.5) is 14.9 Å². The Morgan fingerprint density at radius 2 is 1.88 bits per heavy atom. The minimum absolute atomic E-state index is 0.0502. The molecule has 0 bridgehead atoms. The van der Waals surface area contributed by atoms with Crippen LogP contribution in [0.25, 0.3) is 0 Å². The average Bonchev–Trinajstić information content (AvgIpc) is 2.76. The van der Waals surface area contributed by atoms with E-state index in [1.54, 1.807) is 24.3 Å². The predicted octanol–water partition coefficient (Wildman–Crippen LogP) is 2.88. The summed E-state index contributed by atoms with van der Waals surface area (Å²) in [5, 5.41) is 15.7. The van der Waals surface area contributed by atoms with Crippen molar-refractivity contribution < 1.29 is 27.4 Å². The number of anilines is 1. The lowest BCUT2D eigenvalue weighted by atomic mass is 9.97. The van der Waals surface area contributed by atoms with Gasteiger partial charge >= 0.3 is 6.03 Å². The van der Waals surface area contributed by atoms with E-state index in [1.807, 2.05) is 0 Å². The number of benzene rings is 2. The van der Waals surface area contributed by atoms with E-state index in [2.05, 4.69) is 15.4 Å². The van der Waals surface area contributed by atoms with E-state index in [-0.39, 0.29) is 19.3 Å². The summed E-state index contributed by atoms with van der Waals surface area (Å²) in [5.41, 5.74) is 0.573. The van der Waals surface area contributed by atoms with Crippen molar-refractivity contribution in [2.45, 2.75) is 42.4 Å². The van der Waals surface area contributed by atoms with Crippen LogP contribution in [0.15, 0.2) is 53.4 Å². The van der Waals surface area contributed by atoms with E-state index in [4.69, 9.17) is 16.3 Å². The first-order valence-corrected chi connectivity index (χ1v) is 12.0. The van der Waals surface area contributed by atoms with Gasteiger partial charge in [0.1, 0.15) is 16.8 Å². The maximum atomic E-state index is 13.7. The maximum Gasteiger partial charge on any atom is 0.319 e. The molecule has 0 aromatic heterocycles. The molecular weight excluding hydrogens is 461 g/mol. The zero-order valence-electron chi connectivity index (χ0n) is 17.1. The highest BCUT2D eigenvalue weighted by Crippen LogP contribution is 2.22. The van der Waals surface area contributed by atoms with E-state index in [0.717, 1.165) is 6.07 Å². The number of amides is 2. The Balaban J connectivity index is 1.47. The first-order valence-electron chi connectivity index (χ1n) is 10.1. The molecule has 1 aliphatic heterocycles. The molecule has 32 heavy (non-hydrogen) atoms. The molecule has 8 nitrogen and oxygen atoms in total. The highest BCUT2D eigenvalue weighted by atomic mass is 35.5. The van der Waals surface area contributed by atoms with Crippen molar-refractivity contribution >= 4 is 33.3 Å². The summed E-state index contributed by atoms with van der Waals surface area (Å²) in [6.45, 7) is -0.252. The van der Waals surface area contributed by atoms with Gasteiger partial charge in [0.05, 0.1) is 18.8 Å². The smallest absolute Gasteiger partial charge is 0.319 e. The molecule has 1 saturated heterocycles. The molecule has 4 N–H and O–H groups in total. The standard InChI is InChI=1S/C21H25ClFN3O5S/c22-14-5-7-15(8-6-14)25-21(28)26-18-10-9-16(31-19(18)13-27)11-12-24-32(29,30)20-4-2-1-3-17(20)23/h1-8,16,18-19,24,27H,9-13H2,(H2,25,26,28)/t16-,18+,19+/m0/s1. The number of aliphatic hydroxyl groups is 1. The van der Waals surface area contributed by atoms with Gasteiger partial charge < -0.3 is 20.5 Å². The number of halogens is 2. The van der Waals surface area contributed by atoms with Gasteiger partial charge in [0, 0.05) is 17.3 Å². The van der Waals surface area contributed by atoms with Crippen LogP contribution in [0.2, 0.25) is 5.02 Å². The minimum atomic E-state index is -3.97. The Bertz CT molecular complexity index is 1020. The van der Waals surface area contributed by atoms with Crippen LogP contribution in [-0.2, 0) is 14.8 Å². The number of rotatable bonds is 8. The predicted molar refractivity (Wildman–Crippen MR) is 119 cm³/mol. The fraction of sp³-hybridized carbons (Fsp3) is 0.381. The number of hydrogen-bond acceptors (Lipinski definition) is 5. The average molecular weight is 486 g/mol. The van der Waals surface area contributed by atoms with Crippen molar-refractivity contribution in [2.75, 3.05) is 18.5 Å². The van der Waals surface area contributed by atoms with Crippen LogP contribution < -0.4 is 15.4 Å². The van der Waals surface area contributed by atoms with Crippen LogP contribution in [0.1, 0.15) is 19.3 Å². The molecule has 1 heterocycles. The summed E-state index contributed by atoms with van der Waals surface area (Å²) in [4.78, 5) is 11.8. The normalized spacial score (nSPS) is 21.2. The molecule has 3 rings (SSSR count). The van der Waals surface area contributed by atoms with Crippen LogP contribution in [0, 0.1) is 5.82 Å². The van der Waals surface area contributed by atoms with Gasteiger partial charge in [0.2, 0.25) is 10.0 Å². The number of carbonyl (C=O) groups excluding carboxylic acids is 1. The number of aliphatic hydroxyl groups excluding tert-OH is 1. The third-order valence-corrected chi connectivity index (χ3v) is 6.85. The topological polar surface area (TPSA) is 117 Å². The van der Waals surface area contributed by atoms with Crippen molar-refractivity contribution in [3.05, 3.63) is 59.4 Å². The monoisotopic (exact) mass is 485 g/mol. The van der Waals surface area contributed by atoms with Crippen molar-refractivity contribution in [3.63, 3.8) is 0 Å². The van der Waals surface area contributed by atoms with E-state index in [0.29, 0.717) is 30.0 Å². The van der Waals surface area contributed by atoms with Gasteiger partial charge in [-0.05, 0) is 55.7 Å². The second kappa shape index (κ2) is 11.1. The molecule has 0 unspecified atom stereocenters. The lowest BCUT2D eigenvalue weighted by Crippen LogP contribution is -2.52. The van der Waals surface area contributed by atoms with Gasteiger partial charge in [0.15, 0.2) is 0 Å². The Morgan fingerprint density at radius 1 is 1.16 bits per heavy atom. The summed E-state index contributed by atoms with van der Waals surface area (Å²) in [5.74, 6) is -0.819. The van der Waals surface area contributed by atoms with Gasteiger partial charge in [-0.2, -0.15) is 0 Å². The molecule has 1 fully saturated rings. The fourth-order valence-electron chi connectivity index (χ4n) is 3.47. The molecule has 0 saturated carbocycles. The second-order valence-corrected chi connectivity index (χ2v) is 9.56. The number of nitrogens with one attached hydrogen (secondary N) is 3. The van der Waals surface area contributed by atoms with Gasteiger partial charge in [0.25, 0.3) is 0 Å². The fourth-order valence-corrected chi connectivity index (χ4v) is 4.72. The molecule has 2 aromatic rings. The number of hydrogen-bond donors (Lipinski definition) is 4. The third kappa shape index (κ3) is 6.63. The highest BCUT2D eigenvalue weighted by molar-refractivity contribution is 7.89. The zero-order chi connectivity index (χ0) is 23.1. The number of sulfonamides is 1. The van der Waals surface area contributed by atoms with Gasteiger partial charge in [-0.25, -0.2) is 22.3 Å². The molecule has 2 amide bonds. The number of urea groups is 1. The van der Waals surface area contributed by atoms with Crippen molar-refractivity contribution in [1.82, 2.24) is 10.0 Å². The highest BCUT2D eigenvalue weighted by Gasteiger charge is 2.32. The van der Waals surface area contributed by atoms with E-state index >= 15 is 0 Å². The number of carbonyl (C=O) groups is 1. The van der Waals surface area contributed by atoms with Gasteiger partial charge in [-0.15, -0.1) is 0 Å². The molecule has 174 valence electrons. The summed E-state index contributed by atoms with van der Waals surface area (Å²) in [6, 6.07) is 11.0. The van der Waals surface area contributed by atoms with Gasteiger partial charge in [-0.1, -0.05) is 23.7 Å². The third-order valence-electron chi connectivity index (χ3n) is 5.10. The zero-order valence-corrected chi connectivity index (χ0v) is 18.7. The Morgan fingerprint density at radius 3 is 2.56 bits per heavy atom. The van der Waals surface area contributed by atoms with E-state index < -0.39 is 38.9 Å². The van der Waals surface area contributed by atoms with Crippen molar-refractivity contribution in [3.8, 4) is 0 Å². The lowest BCUT2D eigenvalue weighted by Gasteiger charge is -2.36. The van der Waals surface area contributed by atoms with Crippen LogP contribution >= 0.6 is 11.6 Å². The number of ether oxygens (including phenoxy) is 1. The van der Waals surface area contributed by atoms with E-state index in [1.165, 1.54) is 18.2 Å². The first kappa shape index (κ1) is 24.4. The Kier molecular flexibility index (Phi) is 8.44. The summed E-state index contributed by atoms with van der Waals surface area (Å²) in [6.07, 6.45) is 0.502. The summed E-state index contributed by atoms with van der Waals surface area (Å²) < 4.78 is 46.5. The molecule has 3 atom stereocenters. The van der Waals surface area contributed by atoms with E-state index in [9.17, 15) is 22.7 Å². The van der Waals surface area contributed by atoms with Crippen LogP contribution in [-0.4, -0.2) is 51.0 Å². The van der Waals surface area contributed by atoms with Crippen LogP contribution in [0.5, 0.6) is 0 Å². The molecule has 0 aliphatic carbocycles. The molecule has 2 aromatic carbocycles. The molecule has 0 spiro atoms. The quantitative estimate of drug-likeness (QED) is 0.458. The Labute approximate surface area is 191 Å². The first-order chi connectivity index (χ1) is 15.3. The molecular formula is C21H25ClFN3O5S. The maximum absolute atomic E-state index is 13.7. The van der Waals surface area contributed by atoms with Gasteiger partial charge in [-0.3, -0.25) is 0 Å². The summed E-state index contributed by atoms with van der Waals surface area (Å²) in [7, 11) is -3.97.